The monoisotopic (exact) mass is 434 g/mol. The van der Waals surface area contributed by atoms with Crippen LogP contribution in [0.2, 0.25) is 0 Å². The molecule has 0 amide bonds. The van der Waals surface area contributed by atoms with Crippen LogP contribution in [0.3, 0.4) is 0 Å². The molecule has 2 N–H and O–H groups in total. The Bertz CT molecular complexity index is 1450. The smallest absolute Gasteiger partial charge is 0.274 e. The van der Waals surface area contributed by atoms with Gasteiger partial charge in [0.1, 0.15) is 23.1 Å². The van der Waals surface area contributed by atoms with Gasteiger partial charge < -0.3 is 14.3 Å². The second-order valence-corrected chi connectivity index (χ2v) is 7.69. The number of aromatic nitrogens is 2. The van der Waals surface area contributed by atoms with Crippen molar-refractivity contribution in [1.82, 2.24) is 14.3 Å². The van der Waals surface area contributed by atoms with Gasteiger partial charge in [-0.05, 0) is 35.9 Å². The van der Waals surface area contributed by atoms with Gasteiger partial charge in [0, 0.05) is 42.5 Å². The van der Waals surface area contributed by atoms with Crippen LogP contribution in [-0.2, 0) is 24.5 Å². The van der Waals surface area contributed by atoms with Crippen LogP contribution in [0.5, 0.6) is 11.5 Å². The molecule has 0 bridgehead atoms. The summed E-state index contributed by atoms with van der Waals surface area (Å²) < 4.78 is 31.9. The molecule has 0 radical (unpaired) electrons. The quantitative estimate of drug-likeness (QED) is 0.404. The van der Waals surface area contributed by atoms with Crippen molar-refractivity contribution in [3.05, 3.63) is 82.4 Å². The number of hydrogen-bond donors (Lipinski definition) is 3. The fourth-order valence-electron chi connectivity index (χ4n) is 3.39. The predicted octanol–water partition coefficient (Wildman–Crippen LogP) is 2.81. The third-order valence-electron chi connectivity index (χ3n) is 4.87. The lowest BCUT2D eigenvalue weighted by Gasteiger charge is -2.15. The molecule has 4 aromatic rings. The molecule has 4 rings (SSSR count). The summed E-state index contributed by atoms with van der Waals surface area (Å²) in [6, 6.07) is 16.1. The Kier molecular flexibility index (Phi) is 5.58. The van der Waals surface area contributed by atoms with Crippen molar-refractivity contribution in [2.75, 3.05) is 0 Å². The summed E-state index contributed by atoms with van der Waals surface area (Å²) in [5.41, 5.74) is 2.78. The van der Waals surface area contributed by atoms with Crippen LogP contribution in [0.1, 0.15) is 11.1 Å². The molecule has 0 saturated heterocycles. The van der Waals surface area contributed by atoms with Gasteiger partial charge in [0.05, 0.1) is 5.56 Å². The summed E-state index contributed by atoms with van der Waals surface area (Å²) in [7, 11) is -1.08. The molecule has 31 heavy (non-hydrogen) atoms. The van der Waals surface area contributed by atoms with Gasteiger partial charge in [-0.2, -0.15) is 5.26 Å². The minimum absolute atomic E-state index is 0.114. The summed E-state index contributed by atoms with van der Waals surface area (Å²) >= 11 is 0. The van der Waals surface area contributed by atoms with E-state index in [1.807, 2.05) is 6.07 Å². The lowest BCUT2D eigenvalue weighted by molar-refractivity contribution is 0.482. The Morgan fingerprint density at radius 1 is 1.13 bits per heavy atom. The van der Waals surface area contributed by atoms with Crippen molar-refractivity contribution >= 4 is 21.8 Å². The van der Waals surface area contributed by atoms with Crippen LogP contribution in [0.4, 0.5) is 0 Å². The minimum atomic E-state index is -2.74. The molecule has 0 spiro atoms. The number of hydrogen-bond acceptors (Lipinski definition) is 5. The van der Waals surface area contributed by atoms with Gasteiger partial charge >= 0.3 is 0 Å². The van der Waals surface area contributed by atoms with E-state index in [0.717, 1.165) is 5.56 Å². The van der Waals surface area contributed by atoms with E-state index in [9.17, 15) is 18.5 Å². The maximum atomic E-state index is 12.5. The molecule has 0 saturated carbocycles. The Hall–Kier alpha value is -3.87. The normalized spacial score (nSPS) is 11.0. The molecule has 156 valence electrons. The molecule has 2 aromatic heterocycles. The van der Waals surface area contributed by atoms with Crippen LogP contribution in [0.25, 0.3) is 22.0 Å². The highest BCUT2D eigenvalue weighted by Gasteiger charge is 2.16. The number of aromatic amines is 1. The van der Waals surface area contributed by atoms with Crippen LogP contribution >= 0.6 is 0 Å². The first kappa shape index (κ1) is 20.4. The van der Waals surface area contributed by atoms with Gasteiger partial charge in [-0.25, -0.2) is 13.1 Å². The number of fused-ring (bicyclic) bond motifs is 1. The first-order valence-corrected chi connectivity index (χ1v) is 10.5. The highest BCUT2D eigenvalue weighted by molar-refractivity contribution is 7.70. The van der Waals surface area contributed by atoms with Crippen LogP contribution in [0.15, 0.2) is 65.7 Å². The maximum Gasteiger partial charge on any atom is 0.274 e. The zero-order valence-electron chi connectivity index (χ0n) is 16.5. The molecule has 0 atom stereocenters. The lowest BCUT2D eigenvalue weighted by Crippen LogP contribution is -2.16. The molecular weight excluding hydrogens is 416 g/mol. The second kappa shape index (κ2) is 8.47. The van der Waals surface area contributed by atoms with Gasteiger partial charge in [0.2, 0.25) is 10.9 Å². The maximum absolute atomic E-state index is 12.5. The number of H-pyrrole nitrogens is 1. The van der Waals surface area contributed by atoms with E-state index in [1.54, 1.807) is 61.9 Å². The molecule has 0 fully saturated rings. The van der Waals surface area contributed by atoms with Crippen molar-refractivity contribution in [3.8, 4) is 28.7 Å². The number of benzene rings is 2. The van der Waals surface area contributed by atoms with E-state index in [1.165, 1.54) is 4.57 Å². The standard InChI is InChI=1S/C22H18N4O4S/c1-26-13-18(16-8-9-24-21(16)22(26)27)17-10-14(12-25-31(28)29)6-7-20(17)30-19-5-3-2-4-15(19)11-23/h2-10,13,24,31H,12H2,1H3,(H,25,28,29). The lowest BCUT2D eigenvalue weighted by atomic mass is 10.00. The summed E-state index contributed by atoms with van der Waals surface area (Å²) in [4.78, 5) is 15.4. The van der Waals surface area contributed by atoms with E-state index in [0.29, 0.717) is 39.1 Å². The number of nitriles is 1. The summed E-state index contributed by atoms with van der Waals surface area (Å²) in [6.07, 6.45) is 3.40. The van der Waals surface area contributed by atoms with Crippen molar-refractivity contribution in [3.63, 3.8) is 0 Å². The zero-order chi connectivity index (χ0) is 22.0. The Morgan fingerprint density at radius 3 is 2.71 bits per heavy atom. The molecule has 0 unspecified atom stereocenters. The van der Waals surface area contributed by atoms with Crippen molar-refractivity contribution < 1.29 is 13.2 Å². The third kappa shape index (κ3) is 4.07. The largest absolute Gasteiger partial charge is 0.455 e. The fraction of sp³-hybridized carbons (Fsp3) is 0.0909. The SMILES string of the molecule is Cn1cc(-c2cc(CN[SH](=O)=O)ccc2Oc2ccccc2C#N)c2cc[nH]c2c1=O. The van der Waals surface area contributed by atoms with Crippen molar-refractivity contribution in [2.45, 2.75) is 6.54 Å². The molecule has 9 heteroatoms. The summed E-state index contributed by atoms with van der Waals surface area (Å²) in [5.74, 6) is 0.869. The van der Waals surface area contributed by atoms with E-state index in [-0.39, 0.29) is 12.1 Å². The highest BCUT2D eigenvalue weighted by Crippen LogP contribution is 2.37. The average Bonchev–Trinajstić information content (AvgIpc) is 3.26. The van der Waals surface area contributed by atoms with Gasteiger partial charge in [-0.3, -0.25) is 4.79 Å². The van der Waals surface area contributed by atoms with Gasteiger partial charge in [-0.15, -0.1) is 0 Å². The highest BCUT2D eigenvalue weighted by atomic mass is 32.2. The van der Waals surface area contributed by atoms with Crippen LogP contribution in [-0.4, -0.2) is 18.0 Å². The third-order valence-corrected chi connectivity index (χ3v) is 5.28. The number of aryl methyl sites for hydroxylation is 1. The summed E-state index contributed by atoms with van der Waals surface area (Å²) in [5, 5.41) is 10.1. The van der Waals surface area contributed by atoms with E-state index < -0.39 is 10.9 Å². The molecule has 0 aliphatic carbocycles. The zero-order valence-corrected chi connectivity index (χ0v) is 17.3. The number of ether oxygens (including phenoxy) is 1. The van der Waals surface area contributed by atoms with E-state index in [2.05, 4.69) is 15.8 Å². The van der Waals surface area contributed by atoms with Gasteiger partial charge in [0.15, 0.2) is 0 Å². The fourth-order valence-corrected chi connectivity index (χ4v) is 3.70. The average molecular weight is 434 g/mol. The molecule has 0 aliphatic rings. The van der Waals surface area contributed by atoms with Crippen molar-refractivity contribution in [2.24, 2.45) is 7.05 Å². The number of para-hydroxylation sites is 1. The Morgan fingerprint density at radius 2 is 1.94 bits per heavy atom. The molecule has 2 aromatic carbocycles. The molecule has 8 nitrogen and oxygen atoms in total. The molecular formula is C22H18N4O4S. The first-order chi connectivity index (χ1) is 15.0. The van der Waals surface area contributed by atoms with Gasteiger partial charge in [-0.1, -0.05) is 18.2 Å². The van der Waals surface area contributed by atoms with Gasteiger partial charge in [0.25, 0.3) is 5.56 Å². The first-order valence-electron chi connectivity index (χ1n) is 9.33. The number of rotatable bonds is 6. The van der Waals surface area contributed by atoms with Crippen LogP contribution in [0, 0.1) is 11.3 Å². The van der Waals surface area contributed by atoms with Crippen LogP contribution < -0.4 is 15.0 Å². The second-order valence-electron chi connectivity index (χ2n) is 6.86. The predicted molar refractivity (Wildman–Crippen MR) is 117 cm³/mol. The van der Waals surface area contributed by atoms with E-state index >= 15 is 0 Å². The Labute approximate surface area is 179 Å². The van der Waals surface area contributed by atoms with E-state index in [4.69, 9.17) is 4.74 Å². The number of pyridine rings is 1. The topological polar surface area (TPSA) is 117 Å². The summed E-state index contributed by atoms with van der Waals surface area (Å²) in [6.45, 7) is 0.114. The number of nitrogens with zero attached hydrogens (tertiary/aromatic N) is 2. The Balaban J connectivity index is 1.91. The number of thiol groups is 1. The number of nitrogens with one attached hydrogen (secondary N) is 2. The minimum Gasteiger partial charge on any atom is -0.455 e. The molecule has 0 aliphatic heterocycles. The van der Waals surface area contributed by atoms with Crippen molar-refractivity contribution in [1.29, 1.82) is 5.26 Å². The molecule has 2 heterocycles.